The molecule has 0 spiro atoms. The molecule has 1 N–H and O–H groups in total. The highest BCUT2D eigenvalue weighted by molar-refractivity contribution is 5.94. The average Bonchev–Trinajstić information content (AvgIpc) is 2.95. The van der Waals surface area contributed by atoms with Crippen LogP contribution in [0.5, 0.6) is 0 Å². The highest BCUT2D eigenvalue weighted by Gasteiger charge is 2.32. The number of carbonyl (C=O) groups is 1. The molecule has 2 aliphatic rings. The van der Waals surface area contributed by atoms with Crippen LogP contribution in [0.3, 0.4) is 0 Å². The van der Waals surface area contributed by atoms with Gasteiger partial charge in [0.25, 0.3) is 5.91 Å². The Balaban J connectivity index is 1.52. The smallest absolute Gasteiger partial charge is 0.251 e. The summed E-state index contributed by atoms with van der Waals surface area (Å²) in [7, 11) is 0. The van der Waals surface area contributed by atoms with Crippen LogP contribution in [0.4, 0.5) is 8.78 Å². The van der Waals surface area contributed by atoms with Crippen LogP contribution in [0.1, 0.15) is 23.2 Å². The van der Waals surface area contributed by atoms with Crippen molar-refractivity contribution >= 4 is 5.91 Å². The summed E-state index contributed by atoms with van der Waals surface area (Å²) in [6.07, 6.45) is 2.32. The SMILES string of the molecule is O=C(NCC1CN2CCCC2CO1)c1ccc(F)c(F)c1. The summed E-state index contributed by atoms with van der Waals surface area (Å²) < 4.78 is 31.7. The first-order valence-corrected chi connectivity index (χ1v) is 7.22. The molecule has 2 unspecified atom stereocenters. The van der Waals surface area contributed by atoms with Gasteiger partial charge in [0.15, 0.2) is 11.6 Å². The molecule has 0 bridgehead atoms. The molecular formula is C15H18F2N2O2. The van der Waals surface area contributed by atoms with Gasteiger partial charge in [0.05, 0.1) is 12.7 Å². The summed E-state index contributed by atoms with van der Waals surface area (Å²) in [6, 6.07) is 3.65. The van der Waals surface area contributed by atoms with E-state index in [4.69, 9.17) is 4.74 Å². The fourth-order valence-corrected chi connectivity index (χ4v) is 2.96. The molecule has 3 rings (SSSR count). The molecular weight excluding hydrogens is 278 g/mol. The summed E-state index contributed by atoms with van der Waals surface area (Å²) in [5, 5.41) is 2.72. The van der Waals surface area contributed by atoms with Crippen molar-refractivity contribution in [1.29, 1.82) is 0 Å². The number of halogens is 2. The zero-order chi connectivity index (χ0) is 14.8. The molecule has 2 fully saturated rings. The molecule has 2 aliphatic heterocycles. The topological polar surface area (TPSA) is 41.6 Å². The molecule has 1 amide bonds. The number of benzene rings is 1. The van der Waals surface area contributed by atoms with Crippen LogP contribution < -0.4 is 5.32 Å². The maximum Gasteiger partial charge on any atom is 0.251 e. The Hall–Kier alpha value is -1.53. The van der Waals surface area contributed by atoms with Gasteiger partial charge < -0.3 is 10.1 Å². The second kappa shape index (κ2) is 6.07. The van der Waals surface area contributed by atoms with Gasteiger partial charge >= 0.3 is 0 Å². The minimum atomic E-state index is -1.02. The Bertz CT molecular complexity index is 538. The van der Waals surface area contributed by atoms with Gasteiger partial charge in [-0.2, -0.15) is 0 Å². The van der Waals surface area contributed by atoms with Gasteiger partial charge in [-0.1, -0.05) is 0 Å². The Morgan fingerprint density at radius 3 is 3.05 bits per heavy atom. The van der Waals surface area contributed by atoms with Crippen LogP contribution in [0.15, 0.2) is 18.2 Å². The minimum absolute atomic E-state index is 0.0476. The van der Waals surface area contributed by atoms with Crippen LogP contribution >= 0.6 is 0 Å². The first-order chi connectivity index (χ1) is 10.1. The molecule has 2 heterocycles. The van der Waals surface area contributed by atoms with E-state index in [2.05, 4.69) is 10.2 Å². The van der Waals surface area contributed by atoms with Crippen LogP contribution in [0, 0.1) is 11.6 Å². The summed E-state index contributed by atoms with van der Waals surface area (Å²) in [5.74, 6) is -2.39. The number of carbonyl (C=O) groups excluding carboxylic acids is 1. The van der Waals surface area contributed by atoms with Gasteiger partial charge in [0.1, 0.15) is 0 Å². The third kappa shape index (κ3) is 3.22. The van der Waals surface area contributed by atoms with Crippen molar-refractivity contribution in [3.63, 3.8) is 0 Å². The van der Waals surface area contributed by atoms with Gasteiger partial charge in [0.2, 0.25) is 0 Å². The molecule has 0 aliphatic carbocycles. The van der Waals surface area contributed by atoms with E-state index in [1.165, 1.54) is 18.9 Å². The fraction of sp³-hybridized carbons (Fsp3) is 0.533. The first-order valence-electron chi connectivity index (χ1n) is 7.22. The lowest BCUT2D eigenvalue weighted by Gasteiger charge is -2.35. The Kier molecular flexibility index (Phi) is 4.17. The van der Waals surface area contributed by atoms with Crippen molar-refractivity contribution in [2.45, 2.75) is 25.0 Å². The zero-order valence-corrected chi connectivity index (χ0v) is 11.6. The molecule has 1 aromatic carbocycles. The zero-order valence-electron chi connectivity index (χ0n) is 11.6. The molecule has 114 valence electrons. The lowest BCUT2D eigenvalue weighted by atomic mass is 10.1. The number of fused-ring (bicyclic) bond motifs is 1. The number of ether oxygens (including phenoxy) is 1. The summed E-state index contributed by atoms with van der Waals surface area (Å²) in [6.45, 7) is 2.97. The van der Waals surface area contributed by atoms with E-state index in [9.17, 15) is 13.6 Å². The molecule has 0 aromatic heterocycles. The second-order valence-corrected chi connectivity index (χ2v) is 5.59. The molecule has 0 saturated carbocycles. The van der Waals surface area contributed by atoms with Gasteiger partial charge in [-0.05, 0) is 37.6 Å². The molecule has 21 heavy (non-hydrogen) atoms. The molecule has 1 aromatic rings. The van der Waals surface area contributed by atoms with E-state index in [-0.39, 0.29) is 11.7 Å². The molecule has 2 saturated heterocycles. The summed E-state index contributed by atoms with van der Waals surface area (Å²) >= 11 is 0. The van der Waals surface area contributed by atoms with Gasteiger partial charge in [-0.15, -0.1) is 0 Å². The maximum absolute atomic E-state index is 13.1. The highest BCUT2D eigenvalue weighted by atomic mass is 19.2. The van der Waals surface area contributed by atoms with Crippen molar-refractivity contribution in [2.24, 2.45) is 0 Å². The third-order valence-corrected chi connectivity index (χ3v) is 4.13. The van der Waals surface area contributed by atoms with Crippen LogP contribution in [-0.4, -0.2) is 49.2 Å². The van der Waals surface area contributed by atoms with Crippen LogP contribution in [-0.2, 0) is 4.74 Å². The van der Waals surface area contributed by atoms with Crippen LogP contribution in [0.2, 0.25) is 0 Å². The van der Waals surface area contributed by atoms with E-state index in [1.54, 1.807) is 0 Å². The lowest BCUT2D eigenvalue weighted by Crippen LogP contribution is -2.50. The molecule has 2 atom stereocenters. The monoisotopic (exact) mass is 296 g/mol. The normalized spacial score (nSPS) is 25.6. The molecule has 4 nitrogen and oxygen atoms in total. The van der Waals surface area contributed by atoms with Gasteiger partial charge in [-0.3, -0.25) is 9.69 Å². The van der Waals surface area contributed by atoms with Gasteiger partial charge in [0, 0.05) is 24.7 Å². The van der Waals surface area contributed by atoms with Gasteiger partial charge in [-0.25, -0.2) is 8.78 Å². The molecule has 0 radical (unpaired) electrons. The predicted molar refractivity (Wildman–Crippen MR) is 73.0 cm³/mol. The van der Waals surface area contributed by atoms with Crippen molar-refractivity contribution < 1.29 is 18.3 Å². The number of rotatable bonds is 3. The van der Waals surface area contributed by atoms with E-state index in [0.717, 1.165) is 25.2 Å². The van der Waals surface area contributed by atoms with E-state index in [1.807, 2.05) is 0 Å². The van der Waals surface area contributed by atoms with E-state index >= 15 is 0 Å². The van der Waals surface area contributed by atoms with E-state index in [0.29, 0.717) is 19.2 Å². The van der Waals surface area contributed by atoms with Crippen molar-refractivity contribution in [1.82, 2.24) is 10.2 Å². The van der Waals surface area contributed by atoms with Crippen molar-refractivity contribution in [2.75, 3.05) is 26.2 Å². The van der Waals surface area contributed by atoms with Crippen LogP contribution in [0.25, 0.3) is 0 Å². The maximum atomic E-state index is 13.1. The number of morpholine rings is 1. The quantitative estimate of drug-likeness (QED) is 0.920. The third-order valence-electron chi connectivity index (χ3n) is 4.13. The van der Waals surface area contributed by atoms with E-state index < -0.39 is 17.5 Å². The largest absolute Gasteiger partial charge is 0.373 e. The van der Waals surface area contributed by atoms with Crippen molar-refractivity contribution in [3.8, 4) is 0 Å². The number of amides is 1. The minimum Gasteiger partial charge on any atom is -0.373 e. The highest BCUT2D eigenvalue weighted by Crippen LogP contribution is 2.22. The number of nitrogens with one attached hydrogen (secondary N) is 1. The predicted octanol–water partition coefficient (Wildman–Crippen LogP) is 1.56. The lowest BCUT2D eigenvalue weighted by molar-refractivity contribution is -0.0461. The molecule has 6 heteroatoms. The number of hydrogen-bond acceptors (Lipinski definition) is 3. The summed E-state index contributed by atoms with van der Waals surface area (Å²) in [5.41, 5.74) is 0.115. The van der Waals surface area contributed by atoms with Crippen molar-refractivity contribution in [3.05, 3.63) is 35.4 Å². The number of nitrogens with zero attached hydrogens (tertiary/aromatic N) is 1. The Morgan fingerprint density at radius 2 is 2.24 bits per heavy atom. The Labute approximate surface area is 122 Å². The Morgan fingerprint density at radius 1 is 1.38 bits per heavy atom. The summed E-state index contributed by atoms with van der Waals surface area (Å²) in [4.78, 5) is 14.3. The second-order valence-electron chi connectivity index (χ2n) is 5.59. The standard InChI is InChI=1S/C15H18F2N2O2/c16-13-4-3-10(6-14(13)17)15(20)18-7-12-8-19-5-1-2-11(19)9-21-12/h3-4,6,11-12H,1-2,5,7-9H2,(H,18,20). The average molecular weight is 296 g/mol. The fourth-order valence-electron chi connectivity index (χ4n) is 2.96. The first kappa shape index (κ1) is 14.4. The number of hydrogen-bond donors (Lipinski definition) is 1.